The Morgan fingerprint density at radius 2 is 0.727 bits per heavy atom. The van der Waals surface area contributed by atoms with Gasteiger partial charge in [0.2, 0.25) is 0 Å². The summed E-state index contributed by atoms with van der Waals surface area (Å²) in [5.41, 5.74) is 0. The van der Waals surface area contributed by atoms with Gasteiger partial charge in [-0.05, 0) is 77.0 Å². The van der Waals surface area contributed by atoms with Crippen LogP contribution in [0, 0.1) is 0 Å². The summed E-state index contributed by atoms with van der Waals surface area (Å²) in [4.78, 5) is 43.6. The molecule has 0 aromatic rings. The molecule has 0 rings (SSSR count). The summed E-state index contributed by atoms with van der Waals surface area (Å²) in [6.07, 6.45) is 50.4. The van der Waals surface area contributed by atoms with Gasteiger partial charge in [-0.3, -0.25) is 27.7 Å². The Labute approximate surface area is 393 Å². The molecule has 0 aliphatic heterocycles. The maximum atomic E-state index is 12.1. The van der Waals surface area contributed by atoms with E-state index in [0.29, 0.717) is 19.3 Å². The Morgan fingerprint density at radius 3 is 1.14 bits per heavy atom. The maximum Gasteiger partial charge on any atom is 0.472 e. The van der Waals surface area contributed by atoms with Gasteiger partial charge < -0.3 is 34.6 Å². The van der Waals surface area contributed by atoms with E-state index in [1.165, 1.54) is 0 Å². The fourth-order valence-corrected chi connectivity index (χ4v) is 6.36. The number of carbonyl (C=O) groups excluding carboxylic acids is 2. The fraction of sp³-hybridized carbons (Fsp3) is 0.510. The quantitative estimate of drug-likeness (QED) is 0.0126. The van der Waals surface area contributed by atoms with Crippen molar-refractivity contribution in [3.05, 3.63) is 134 Å². The molecule has 15 nitrogen and oxygen atoms in total. The van der Waals surface area contributed by atoms with Crippen LogP contribution in [0.4, 0.5) is 0 Å². The number of hydrogen-bond donors (Lipinski definition) is 5. The highest BCUT2D eigenvalue weighted by atomic mass is 31.2. The minimum atomic E-state index is -4.81. The van der Waals surface area contributed by atoms with Gasteiger partial charge in [0.25, 0.3) is 0 Å². The Hall–Kier alpha value is -3.82. The molecule has 372 valence electrons. The minimum absolute atomic E-state index is 0.0920. The normalized spacial score (nSPS) is 16.3. The van der Waals surface area contributed by atoms with E-state index in [4.69, 9.17) is 9.47 Å². The number of esters is 2. The van der Waals surface area contributed by atoms with Gasteiger partial charge in [-0.2, -0.15) is 0 Å². The average molecular weight is 967 g/mol. The summed E-state index contributed by atoms with van der Waals surface area (Å²) in [6, 6.07) is 0. The molecule has 0 radical (unpaired) electrons. The zero-order valence-electron chi connectivity index (χ0n) is 38.8. The summed E-state index contributed by atoms with van der Waals surface area (Å²) in [5, 5.41) is 30.0. The zero-order chi connectivity index (χ0) is 48.8. The van der Waals surface area contributed by atoms with Gasteiger partial charge in [0, 0.05) is 12.8 Å². The molecule has 0 aliphatic carbocycles. The third kappa shape index (κ3) is 45.3. The topological polar surface area (TPSA) is 225 Å². The number of ether oxygens (including phenoxy) is 2. The molecular formula is C49H76O15P2. The van der Waals surface area contributed by atoms with Gasteiger partial charge in [-0.25, -0.2) is 9.13 Å². The van der Waals surface area contributed by atoms with E-state index in [0.717, 1.165) is 57.8 Å². The predicted molar refractivity (Wildman–Crippen MR) is 260 cm³/mol. The Bertz CT molecular complexity index is 1690. The molecule has 0 saturated heterocycles. The summed E-state index contributed by atoms with van der Waals surface area (Å²) in [5.74, 6) is -1.12. The highest BCUT2D eigenvalue weighted by molar-refractivity contribution is 7.47. The molecule has 0 spiro atoms. The van der Waals surface area contributed by atoms with Crippen LogP contribution in [0.2, 0.25) is 0 Å². The molecule has 66 heavy (non-hydrogen) atoms. The number of aliphatic hydroxyl groups is 3. The average Bonchev–Trinajstić information content (AvgIpc) is 3.29. The second kappa shape index (κ2) is 43.7. The van der Waals surface area contributed by atoms with Crippen molar-refractivity contribution in [1.29, 1.82) is 0 Å². The van der Waals surface area contributed by atoms with Crippen molar-refractivity contribution in [3.63, 3.8) is 0 Å². The van der Waals surface area contributed by atoms with Crippen molar-refractivity contribution in [1.82, 2.24) is 0 Å². The largest absolute Gasteiger partial charge is 0.472 e. The second-order valence-electron chi connectivity index (χ2n) is 14.4. The lowest BCUT2D eigenvalue weighted by molar-refractivity contribution is -0.148. The molecule has 5 N–H and O–H groups in total. The molecule has 0 bridgehead atoms. The van der Waals surface area contributed by atoms with Crippen molar-refractivity contribution in [2.75, 3.05) is 39.6 Å². The minimum Gasteiger partial charge on any atom is -0.463 e. The van der Waals surface area contributed by atoms with Crippen LogP contribution < -0.4 is 0 Å². The fourth-order valence-electron chi connectivity index (χ4n) is 4.77. The van der Waals surface area contributed by atoms with E-state index >= 15 is 0 Å². The number of carbonyl (C=O) groups is 2. The van der Waals surface area contributed by atoms with Crippen molar-refractivity contribution >= 4 is 27.6 Å². The van der Waals surface area contributed by atoms with E-state index in [1.54, 1.807) is 0 Å². The molecule has 0 amide bonds. The van der Waals surface area contributed by atoms with E-state index < -0.39 is 85.5 Å². The maximum absolute atomic E-state index is 12.1. The molecule has 5 atom stereocenters. The smallest absolute Gasteiger partial charge is 0.463 e. The van der Waals surface area contributed by atoms with Gasteiger partial charge in [-0.15, -0.1) is 0 Å². The Morgan fingerprint density at radius 1 is 0.409 bits per heavy atom. The Kier molecular flexibility index (Phi) is 41.2. The number of allylic oxidation sites excluding steroid dienone is 22. The first-order chi connectivity index (χ1) is 31.8. The van der Waals surface area contributed by atoms with Gasteiger partial charge in [0.1, 0.15) is 31.5 Å². The lowest BCUT2D eigenvalue weighted by Gasteiger charge is -2.19. The molecule has 5 unspecified atom stereocenters. The van der Waals surface area contributed by atoms with Gasteiger partial charge in [-0.1, -0.05) is 148 Å². The lowest BCUT2D eigenvalue weighted by atomic mass is 10.2. The van der Waals surface area contributed by atoms with Crippen LogP contribution in [0.1, 0.15) is 104 Å². The second-order valence-corrected chi connectivity index (χ2v) is 17.3. The number of rotatable bonds is 41. The third-order valence-electron chi connectivity index (χ3n) is 8.23. The number of unbranched alkanes of at least 4 members (excludes halogenated alkanes) is 3. The molecule has 0 aliphatic rings. The van der Waals surface area contributed by atoms with Crippen LogP contribution >= 0.6 is 15.6 Å². The first-order valence-electron chi connectivity index (χ1n) is 22.6. The van der Waals surface area contributed by atoms with Gasteiger partial charge in [0.05, 0.1) is 26.4 Å². The molecule has 17 heteroatoms. The standard InChI is InChI=1S/C49H76O15P2/c1-3-5-7-9-11-13-15-17-18-19-20-21-22-23-24-26-28-30-32-34-36-38-49(54)60-40-46(51)42-62-66(57,58)64-44-47(52)43-63-65(55,56)61-41-45(50)39-59-48(53)37-35-33-31-29-27-25-16-14-12-10-8-6-4-2/h5-8,10-14,16-18,20-21,23-25,27-31,45-47,50-52H,3-4,9,15,19,22,26,32-44H2,1-2H3,(H,55,56)(H,57,58)/b7-5-,8-6+,12-10+,13-11-,16-14-,18-17-,21-20-,24-23-,27-25-,30-28-,31-29+. The molecular weight excluding hydrogens is 890 g/mol. The van der Waals surface area contributed by atoms with Crippen molar-refractivity contribution in [3.8, 4) is 0 Å². The highest BCUT2D eigenvalue weighted by Gasteiger charge is 2.28. The molecule has 0 aromatic heterocycles. The molecule has 0 heterocycles. The molecule has 0 fully saturated rings. The predicted octanol–water partition coefficient (Wildman–Crippen LogP) is 10.0. The van der Waals surface area contributed by atoms with Crippen LogP contribution in [0.15, 0.2) is 134 Å². The van der Waals surface area contributed by atoms with Crippen LogP contribution in [0.5, 0.6) is 0 Å². The molecule has 0 saturated carbocycles. The first-order valence-corrected chi connectivity index (χ1v) is 25.6. The number of phosphoric ester groups is 2. The van der Waals surface area contributed by atoms with Crippen molar-refractivity contribution in [2.45, 2.75) is 122 Å². The zero-order valence-corrected chi connectivity index (χ0v) is 40.6. The first kappa shape index (κ1) is 62.2. The monoisotopic (exact) mass is 966 g/mol. The van der Waals surface area contributed by atoms with E-state index in [1.807, 2.05) is 54.7 Å². The van der Waals surface area contributed by atoms with Crippen LogP contribution in [-0.4, -0.2) is 95.0 Å². The summed E-state index contributed by atoms with van der Waals surface area (Å²) >= 11 is 0. The van der Waals surface area contributed by atoms with E-state index in [2.05, 4.69) is 111 Å². The third-order valence-corrected chi connectivity index (χ3v) is 10.1. The summed E-state index contributed by atoms with van der Waals surface area (Å²) in [6.45, 7) is -0.0433. The number of phosphoric acid groups is 2. The number of hydrogen-bond acceptors (Lipinski definition) is 13. The molecule has 0 aromatic carbocycles. The lowest BCUT2D eigenvalue weighted by Crippen LogP contribution is -2.25. The summed E-state index contributed by atoms with van der Waals surface area (Å²) in [7, 11) is -9.62. The van der Waals surface area contributed by atoms with Crippen LogP contribution in [0.3, 0.4) is 0 Å². The number of aliphatic hydroxyl groups excluding tert-OH is 3. The van der Waals surface area contributed by atoms with Crippen LogP contribution in [-0.2, 0) is 46.3 Å². The van der Waals surface area contributed by atoms with Crippen molar-refractivity contribution < 1.29 is 71.4 Å². The van der Waals surface area contributed by atoms with E-state index in [-0.39, 0.29) is 12.8 Å². The van der Waals surface area contributed by atoms with Gasteiger partial charge in [0.15, 0.2) is 0 Å². The highest BCUT2D eigenvalue weighted by Crippen LogP contribution is 2.45. The van der Waals surface area contributed by atoms with Crippen LogP contribution in [0.25, 0.3) is 0 Å². The summed E-state index contributed by atoms with van der Waals surface area (Å²) < 4.78 is 52.8. The Balaban J connectivity index is 4.04. The van der Waals surface area contributed by atoms with Crippen molar-refractivity contribution in [2.24, 2.45) is 0 Å². The SMILES string of the molecule is CC/C=C\C/C=C\C/C=C\C/C=C\C/C=C\C/C=C\CCCCC(=O)OCC(O)COP(=O)(O)OCC(O)COP(=O)(O)OCC(O)COC(=O)CCC/C=C/C=C\C=C/C=C/C=C/CC. The van der Waals surface area contributed by atoms with E-state index in [9.17, 15) is 43.8 Å². The van der Waals surface area contributed by atoms with Gasteiger partial charge >= 0.3 is 27.6 Å².